The number of hydrogen-bond acceptors (Lipinski definition) is 2. The molecule has 0 aliphatic carbocycles. The maximum absolute atomic E-state index is 10.8. The summed E-state index contributed by atoms with van der Waals surface area (Å²) in [6, 6.07) is 0. The number of carbonyl (C=O) groups excluding carboxylic acids is 1. The van der Waals surface area contributed by atoms with E-state index in [0.29, 0.717) is 6.42 Å². The van der Waals surface area contributed by atoms with E-state index in [1.54, 1.807) is 0 Å². The molecule has 0 aliphatic heterocycles. The Bertz CT molecular complexity index is 110. The molecule has 0 aromatic heterocycles. The van der Waals surface area contributed by atoms with Crippen LogP contribution in [-0.2, 0) is 9.53 Å². The molecule has 1 atom stereocenters. The van der Waals surface area contributed by atoms with Crippen molar-refractivity contribution >= 4 is 5.78 Å². The van der Waals surface area contributed by atoms with Crippen LogP contribution in [0.5, 0.6) is 0 Å². The Morgan fingerprint density at radius 3 is 2.55 bits per heavy atom. The van der Waals surface area contributed by atoms with E-state index in [4.69, 9.17) is 4.74 Å². The molecular weight excluding hydrogens is 140 g/mol. The van der Waals surface area contributed by atoms with Crippen LogP contribution in [0.1, 0.15) is 40.0 Å². The quantitative estimate of drug-likeness (QED) is 0.592. The first-order valence-electron chi connectivity index (χ1n) is 4.34. The molecule has 66 valence electrons. The first kappa shape index (κ1) is 10.6. The summed E-state index contributed by atoms with van der Waals surface area (Å²) in [5.74, 6) is 0.188. The third kappa shape index (κ3) is 6.05. The fraction of sp³-hybridized carbons (Fsp3) is 0.889. The second kappa shape index (κ2) is 6.35. The molecule has 0 spiro atoms. The molecule has 0 amide bonds. The molecule has 0 bridgehead atoms. The van der Waals surface area contributed by atoms with Crippen molar-refractivity contribution in [2.75, 3.05) is 6.61 Å². The van der Waals surface area contributed by atoms with Crippen molar-refractivity contribution in [1.29, 1.82) is 0 Å². The van der Waals surface area contributed by atoms with Gasteiger partial charge < -0.3 is 4.74 Å². The molecule has 0 radical (unpaired) electrons. The molecule has 0 fully saturated rings. The van der Waals surface area contributed by atoms with Crippen molar-refractivity contribution in [1.82, 2.24) is 0 Å². The van der Waals surface area contributed by atoms with Gasteiger partial charge in [0.1, 0.15) is 6.61 Å². The van der Waals surface area contributed by atoms with Crippen LogP contribution < -0.4 is 0 Å². The van der Waals surface area contributed by atoms with Gasteiger partial charge in [0.2, 0.25) is 0 Å². The van der Waals surface area contributed by atoms with Crippen LogP contribution in [0.4, 0.5) is 0 Å². The largest absolute Gasteiger partial charge is 0.371 e. The zero-order valence-corrected chi connectivity index (χ0v) is 7.72. The molecular formula is C9H18O2. The van der Waals surface area contributed by atoms with Crippen molar-refractivity contribution < 1.29 is 9.53 Å². The number of ketones is 1. The lowest BCUT2D eigenvalue weighted by Gasteiger charge is -2.09. The van der Waals surface area contributed by atoms with Gasteiger partial charge in [0.05, 0.1) is 6.10 Å². The highest BCUT2D eigenvalue weighted by atomic mass is 16.5. The van der Waals surface area contributed by atoms with Crippen LogP contribution >= 0.6 is 0 Å². The average Bonchev–Trinajstić information content (AvgIpc) is 2.01. The van der Waals surface area contributed by atoms with Gasteiger partial charge in [-0.15, -0.1) is 0 Å². The van der Waals surface area contributed by atoms with Crippen LogP contribution in [0.15, 0.2) is 0 Å². The van der Waals surface area contributed by atoms with Crippen molar-refractivity contribution in [2.45, 2.75) is 46.1 Å². The molecule has 0 saturated carbocycles. The van der Waals surface area contributed by atoms with Crippen LogP contribution in [0.2, 0.25) is 0 Å². The highest BCUT2D eigenvalue weighted by Crippen LogP contribution is 2.00. The van der Waals surface area contributed by atoms with Gasteiger partial charge in [-0.3, -0.25) is 4.79 Å². The van der Waals surface area contributed by atoms with Gasteiger partial charge in [0, 0.05) is 6.42 Å². The van der Waals surface area contributed by atoms with E-state index in [0.717, 1.165) is 12.8 Å². The molecule has 2 heteroatoms. The maximum atomic E-state index is 10.8. The van der Waals surface area contributed by atoms with E-state index in [9.17, 15) is 4.79 Å². The van der Waals surface area contributed by atoms with E-state index in [-0.39, 0.29) is 18.5 Å². The second-order valence-electron chi connectivity index (χ2n) is 2.80. The van der Waals surface area contributed by atoms with Gasteiger partial charge in [0.25, 0.3) is 0 Å². The normalized spacial score (nSPS) is 13.0. The molecule has 2 nitrogen and oxygen atoms in total. The predicted molar refractivity (Wildman–Crippen MR) is 45.6 cm³/mol. The van der Waals surface area contributed by atoms with Crippen LogP contribution in [0, 0.1) is 0 Å². The predicted octanol–water partition coefficient (Wildman–Crippen LogP) is 2.17. The van der Waals surface area contributed by atoms with Crippen molar-refractivity contribution in [3.63, 3.8) is 0 Å². The third-order valence-electron chi connectivity index (χ3n) is 1.62. The molecule has 0 saturated heterocycles. The molecule has 1 unspecified atom stereocenters. The van der Waals surface area contributed by atoms with Gasteiger partial charge in [0.15, 0.2) is 5.78 Å². The Balaban J connectivity index is 3.29. The topological polar surface area (TPSA) is 26.3 Å². The van der Waals surface area contributed by atoms with E-state index in [1.165, 1.54) is 0 Å². The zero-order valence-electron chi connectivity index (χ0n) is 7.72. The molecule has 11 heavy (non-hydrogen) atoms. The highest BCUT2D eigenvalue weighted by molar-refractivity contribution is 5.79. The lowest BCUT2D eigenvalue weighted by atomic mass is 10.2. The summed E-state index contributed by atoms with van der Waals surface area (Å²) in [5, 5.41) is 0. The van der Waals surface area contributed by atoms with Crippen molar-refractivity contribution in [3.8, 4) is 0 Å². The zero-order chi connectivity index (χ0) is 8.69. The molecule has 0 N–H and O–H groups in total. The van der Waals surface area contributed by atoms with Crippen molar-refractivity contribution in [3.05, 3.63) is 0 Å². The summed E-state index contributed by atoms with van der Waals surface area (Å²) in [6.07, 6.45) is 2.97. The van der Waals surface area contributed by atoms with Gasteiger partial charge in [-0.1, -0.05) is 20.3 Å². The summed E-state index contributed by atoms with van der Waals surface area (Å²) in [5.41, 5.74) is 0. The monoisotopic (exact) mass is 158 g/mol. The Kier molecular flexibility index (Phi) is 6.13. The van der Waals surface area contributed by atoms with E-state index in [2.05, 4.69) is 6.92 Å². The number of Topliss-reactive ketones (excluding diaryl/α,β-unsaturated/α-hetero) is 1. The van der Waals surface area contributed by atoms with Crippen LogP contribution in [0.3, 0.4) is 0 Å². The summed E-state index contributed by atoms with van der Waals surface area (Å²) in [7, 11) is 0. The minimum Gasteiger partial charge on any atom is -0.371 e. The molecule has 0 aromatic carbocycles. The van der Waals surface area contributed by atoms with Crippen LogP contribution in [0.25, 0.3) is 0 Å². The fourth-order valence-electron chi connectivity index (χ4n) is 0.827. The van der Waals surface area contributed by atoms with Gasteiger partial charge >= 0.3 is 0 Å². The smallest absolute Gasteiger partial charge is 0.158 e. The Morgan fingerprint density at radius 1 is 1.45 bits per heavy atom. The first-order chi connectivity index (χ1) is 5.20. The van der Waals surface area contributed by atoms with Gasteiger partial charge in [-0.05, 0) is 13.3 Å². The van der Waals surface area contributed by atoms with Gasteiger partial charge in [-0.25, -0.2) is 0 Å². The third-order valence-corrected chi connectivity index (χ3v) is 1.62. The summed E-state index contributed by atoms with van der Waals surface area (Å²) in [4.78, 5) is 10.8. The lowest BCUT2D eigenvalue weighted by molar-refractivity contribution is -0.125. The first-order valence-corrected chi connectivity index (χ1v) is 4.34. The molecule has 0 aromatic rings. The number of hydrogen-bond donors (Lipinski definition) is 0. The number of ether oxygens (including phenoxy) is 1. The fourth-order valence-corrected chi connectivity index (χ4v) is 0.827. The minimum absolute atomic E-state index is 0.188. The molecule has 0 aliphatic rings. The Hall–Kier alpha value is -0.370. The minimum atomic E-state index is 0.188. The van der Waals surface area contributed by atoms with Crippen LogP contribution in [-0.4, -0.2) is 18.5 Å². The second-order valence-corrected chi connectivity index (χ2v) is 2.80. The molecule has 0 heterocycles. The van der Waals surface area contributed by atoms with E-state index in [1.807, 2.05) is 13.8 Å². The van der Waals surface area contributed by atoms with E-state index < -0.39 is 0 Å². The Morgan fingerprint density at radius 2 is 2.09 bits per heavy atom. The SMILES string of the molecule is CCCC(C)OCC(=O)CC. The standard InChI is InChI=1S/C9H18O2/c1-4-6-8(3)11-7-9(10)5-2/h8H,4-7H2,1-3H3. The highest BCUT2D eigenvalue weighted by Gasteiger charge is 2.03. The summed E-state index contributed by atoms with van der Waals surface area (Å²) >= 11 is 0. The lowest BCUT2D eigenvalue weighted by Crippen LogP contribution is -2.14. The number of carbonyl (C=O) groups is 1. The Labute approximate surface area is 68.9 Å². The van der Waals surface area contributed by atoms with Gasteiger partial charge in [-0.2, -0.15) is 0 Å². The summed E-state index contributed by atoms with van der Waals surface area (Å²) < 4.78 is 5.29. The molecule has 0 rings (SSSR count). The maximum Gasteiger partial charge on any atom is 0.158 e. The summed E-state index contributed by atoms with van der Waals surface area (Å²) in [6.45, 7) is 6.27. The average molecular weight is 158 g/mol. The van der Waals surface area contributed by atoms with E-state index >= 15 is 0 Å². The number of rotatable bonds is 6. The van der Waals surface area contributed by atoms with Crippen molar-refractivity contribution in [2.24, 2.45) is 0 Å².